The van der Waals surface area contributed by atoms with Crippen LogP contribution >= 0.6 is 15.2 Å². The van der Waals surface area contributed by atoms with Crippen molar-refractivity contribution in [3.05, 3.63) is 48.5 Å². The fourth-order valence-corrected chi connectivity index (χ4v) is 3.20. The number of ether oxygens (including phenoxy) is 3. The molecule has 0 saturated heterocycles. The van der Waals surface area contributed by atoms with Crippen LogP contribution in [0.4, 0.5) is 0 Å². The van der Waals surface area contributed by atoms with Gasteiger partial charge in [-0.05, 0) is 36.4 Å². The van der Waals surface area contributed by atoms with Crippen LogP contribution in [0.15, 0.2) is 48.5 Å². The van der Waals surface area contributed by atoms with Crippen LogP contribution in [-0.2, 0) is 13.9 Å². The first-order valence-corrected chi connectivity index (χ1v) is 11.0. The maximum absolute atomic E-state index is 11.2. The average Bonchev–Trinajstić information content (AvgIpc) is 2.60. The first-order valence-electron chi connectivity index (χ1n) is 7.82. The maximum Gasteiger partial charge on any atom is 0.356 e. The molecule has 2 aromatic rings. The third kappa shape index (κ3) is 7.44. The zero-order chi connectivity index (χ0) is 19.9. The summed E-state index contributed by atoms with van der Waals surface area (Å²) < 4.78 is 38.4. The van der Waals surface area contributed by atoms with Gasteiger partial charge in [0.15, 0.2) is 0 Å². The minimum Gasteiger partial charge on any atom is -0.491 e. The summed E-state index contributed by atoms with van der Waals surface area (Å²) in [6.07, 6.45) is 0. The van der Waals surface area contributed by atoms with Crippen LogP contribution in [0, 0.1) is 0 Å². The Hall–Kier alpha value is -1.70. The van der Waals surface area contributed by atoms with Crippen LogP contribution in [-0.4, -0.2) is 46.0 Å². The topological polar surface area (TPSA) is 143 Å². The molecule has 9 nitrogen and oxygen atoms in total. The lowest BCUT2D eigenvalue weighted by Gasteiger charge is -2.11. The zero-order valence-corrected chi connectivity index (χ0v) is 16.0. The first-order chi connectivity index (χ1) is 12.7. The standard InChI is InChI=1S/C16H20O9P2/c17-26(18,19)15-5-1-3-13(11-15)24-9-7-23-8-10-25-14-4-2-6-16(12-14)27(20,21)22/h1-6,11-12H,7-10H2,(H2,17,18,19)(H2,20,21,22). The molecular weight excluding hydrogens is 398 g/mol. The van der Waals surface area contributed by atoms with Gasteiger partial charge in [-0.25, -0.2) is 0 Å². The highest BCUT2D eigenvalue weighted by atomic mass is 31.2. The van der Waals surface area contributed by atoms with Gasteiger partial charge in [0, 0.05) is 0 Å². The zero-order valence-electron chi connectivity index (χ0n) is 14.2. The molecule has 0 aromatic heterocycles. The van der Waals surface area contributed by atoms with Gasteiger partial charge in [0.05, 0.1) is 23.8 Å². The van der Waals surface area contributed by atoms with Crippen molar-refractivity contribution in [2.45, 2.75) is 0 Å². The maximum atomic E-state index is 11.2. The molecule has 2 aromatic carbocycles. The van der Waals surface area contributed by atoms with Gasteiger partial charge in [0.25, 0.3) is 0 Å². The van der Waals surface area contributed by atoms with Crippen LogP contribution in [0.1, 0.15) is 0 Å². The molecule has 0 spiro atoms. The summed E-state index contributed by atoms with van der Waals surface area (Å²) >= 11 is 0. The normalized spacial score (nSPS) is 12.0. The van der Waals surface area contributed by atoms with E-state index in [0.29, 0.717) is 11.5 Å². The molecule has 0 atom stereocenters. The summed E-state index contributed by atoms with van der Waals surface area (Å²) in [6.45, 7) is 0.814. The highest BCUT2D eigenvalue weighted by Crippen LogP contribution is 2.34. The highest BCUT2D eigenvalue weighted by molar-refractivity contribution is 7.60. The van der Waals surface area contributed by atoms with E-state index < -0.39 is 15.2 Å². The lowest BCUT2D eigenvalue weighted by atomic mass is 10.3. The van der Waals surface area contributed by atoms with Gasteiger partial charge in [-0.1, -0.05) is 12.1 Å². The van der Waals surface area contributed by atoms with Crippen molar-refractivity contribution >= 4 is 25.8 Å². The predicted octanol–water partition coefficient (Wildman–Crippen LogP) is 0.767. The van der Waals surface area contributed by atoms with Crippen LogP contribution in [0.2, 0.25) is 0 Å². The molecule has 4 N–H and O–H groups in total. The van der Waals surface area contributed by atoms with E-state index in [-0.39, 0.29) is 37.0 Å². The minimum absolute atomic E-state index is 0.119. The van der Waals surface area contributed by atoms with Crippen molar-refractivity contribution in [1.29, 1.82) is 0 Å². The van der Waals surface area contributed by atoms with Gasteiger partial charge in [-0.15, -0.1) is 0 Å². The second-order valence-corrected chi connectivity index (χ2v) is 8.60. The summed E-state index contributed by atoms with van der Waals surface area (Å²) in [6, 6.07) is 11.3. The van der Waals surface area contributed by atoms with Crippen LogP contribution in [0.25, 0.3) is 0 Å². The second-order valence-electron chi connectivity index (χ2n) is 5.39. The van der Waals surface area contributed by atoms with E-state index in [9.17, 15) is 9.13 Å². The molecule has 0 fully saturated rings. The molecule has 11 heteroatoms. The quantitative estimate of drug-likeness (QED) is 0.325. The largest absolute Gasteiger partial charge is 0.491 e. The SMILES string of the molecule is O=P(O)(O)c1cccc(OCCOCCOc2cccc(P(=O)(O)O)c2)c1. The summed E-state index contributed by atoms with van der Waals surface area (Å²) in [5, 5.41) is -0.237. The molecule has 0 aliphatic carbocycles. The summed E-state index contributed by atoms with van der Waals surface area (Å²) in [4.78, 5) is 36.4. The number of hydrogen-bond donors (Lipinski definition) is 4. The molecule has 0 saturated carbocycles. The Labute approximate surface area is 155 Å². The smallest absolute Gasteiger partial charge is 0.356 e. The molecule has 0 amide bonds. The average molecular weight is 418 g/mol. The predicted molar refractivity (Wildman–Crippen MR) is 98.0 cm³/mol. The summed E-state index contributed by atoms with van der Waals surface area (Å²) in [5.74, 6) is 0.648. The summed E-state index contributed by atoms with van der Waals surface area (Å²) in [5.41, 5.74) is 0. The lowest BCUT2D eigenvalue weighted by molar-refractivity contribution is 0.0764. The molecule has 0 heterocycles. The monoisotopic (exact) mass is 418 g/mol. The van der Waals surface area contributed by atoms with E-state index in [1.165, 1.54) is 36.4 Å². The van der Waals surface area contributed by atoms with Gasteiger partial charge < -0.3 is 33.8 Å². The fraction of sp³-hybridized carbons (Fsp3) is 0.250. The Kier molecular flexibility index (Phi) is 7.59. The molecule has 0 aliphatic rings. The van der Waals surface area contributed by atoms with Crippen molar-refractivity contribution in [2.24, 2.45) is 0 Å². The van der Waals surface area contributed by atoms with Crippen LogP contribution in [0.3, 0.4) is 0 Å². The molecule has 27 heavy (non-hydrogen) atoms. The molecule has 0 aliphatic heterocycles. The van der Waals surface area contributed by atoms with Gasteiger partial charge in [0.1, 0.15) is 24.7 Å². The van der Waals surface area contributed by atoms with Crippen molar-refractivity contribution in [3.63, 3.8) is 0 Å². The molecule has 148 valence electrons. The van der Waals surface area contributed by atoms with Gasteiger partial charge in [-0.2, -0.15) is 0 Å². The number of hydrogen-bond acceptors (Lipinski definition) is 5. The van der Waals surface area contributed by atoms with E-state index in [4.69, 9.17) is 33.8 Å². The van der Waals surface area contributed by atoms with Crippen LogP contribution in [0.5, 0.6) is 11.5 Å². The van der Waals surface area contributed by atoms with Crippen molar-refractivity contribution in [3.8, 4) is 11.5 Å². The van der Waals surface area contributed by atoms with Crippen molar-refractivity contribution in [2.75, 3.05) is 26.4 Å². The lowest BCUT2D eigenvalue weighted by Crippen LogP contribution is -2.13. The van der Waals surface area contributed by atoms with Gasteiger partial charge in [0.2, 0.25) is 0 Å². The Balaban J connectivity index is 1.67. The Morgan fingerprint density at radius 3 is 1.44 bits per heavy atom. The third-order valence-electron chi connectivity index (χ3n) is 3.30. The first kappa shape index (κ1) is 21.6. The van der Waals surface area contributed by atoms with Gasteiger partial charge >= 0.3 is 15.2 Å². The van der Waals surface area contributed by atoms with Crippen molar-refractivity contribution < 1.29 is 42.9 Å². The Morgan fingerprint density at radius 2 is 1.07 bits per heavy atom. The molecule has 0 bridgehead atoms. The molecular formula is C16H20O9P2. The van der Waals surface area contributed by atoms with Crippen LogP contribution < -0.4 is 20.1 Å². The van der Waals surface area contributed by atoms with Crippen molar-refractivity contribution in [1.82, 2.24) is 0 Å². The molecule has 0 radical (unpaired) electrons. The second kappa shape index (κ2) is 9.48. The van der Waals surface area contributed by atoms with E-state index in [1.807, 2.05) is 0 Å². The molecule has 2 rings (SSSR count). The van der Waals surface area contributed by atoms with E-state index in [2.05, 4.69) is 0 Å². The fourth-order valence-electron chi connectivity index (χ4n) is 2.05. The van der Waals surface area contributed by atoms with E-state index >= 15 is 0 Å². The Morgan fingerprint density at radius 1 is 0.667 bits per heavy atom. The minimum atomic E-state index is -4.32. The summed E-state index contributed by atoms with van der Waals surface area (Å²) in [7, 11) is -8.64. The molecule has 0 unspecified atom stereocenters. The highest BCUT2D eigenvalue weighted by Gasteiger charge is 2.18. The van der Waals surface area contributed by atoms with E-state index in [1.54, 1.807) is 12.1 Å². The number of benzene rings is 2. The third-order valence-corrected chi connectivity index (χ3v) is 5.20. The number of rotatable bonds is 10. The van der Waals surface area contributed by atoms with E-state index in [0.717, 1.165) is 0 Å². The van der Waals surface area contributed by atoms with Gasteiger partial charge in [-0.3, -0.25) is 9.13 Å². The Bertz CT molecular complexity index is 774.